The van der Waals surface area contributed by atoms with E-state index in [9.17, 15) is 14.4 Å². The number of hydrogen-bond donors (Lipinski definition) is 2. The van der Waals surface area contributed by atoms with Gasteiger partial charge in [0.25, 0.3) is 5.91 Å². The number of carbonyl (C=O) groups excluding carboxylic acids is 3. The number of ether oxygens (including phenoxy) is 2. The van der Waals surface area contributed by atoms with Crippen LogP contribution in [0.15, 0.2) is 60.0 Å². The molecule has 0 radical (unpaired) electrons. The van der Waals surface area contributed by atoms with Crippen molar-refractivity contribution < 1.29 is 23.9 Å². The number of aromatic nitrogens is 1. The molecule has 1 aromatic heterocycles. The summed E-state index contributed by atoms with van der Waals surface area (Å²) in [6, 6.07) is 13.2. The van der Waals surface area contributed by atoms with Gasteiger partial charge in [0.15, 0.2) is 5.75 Å². The zero-order valence-corrected chi connectivity index (χ0v) is 21.0. The fourth-order valence-electron chi connectivity index (χ4n) is 3.65. The van der Waals surface area contributed by atoms with E-state index < -0.39 is 17.8 Å². The van der Waals surface area contributed by atoms with E-state index in [1.165, 1.54) is 18.2 Å². The molecule has 0 spiro atoms. The van der Waals surface area contributed by atoms with Gasteiger partial charge >= 0.3 is 12.1 Å². The van der Waals surface area contributed by atoms with Crippen molar-refractivity contribution in [2.75, 3.05) is 12.0 Å². The molecule has 0 aliphatic carbocycles. The predicted octanol–water partition coefficient (Wildman–Crippen LogP) is 4.29. The van der Waals surface area contributed by atoms with Gasteiger partial charge in [0.1, 0.15) is 11.8 Å². The lowest BCUT2D eigenvalue weighted by molar-refractivity contribution is -0.129. The molecule has 38 heavy (non-hydrogen) atoms. The van der Waals surface area contributed by atoms with Gasteiger partial charge in [-0.15, -0.1) is 0 Å². The van der Waals surface area contributed by atoms with Crippen molar-refractivity contribution in [3.8, 4) is 17.6 Å². The Balaban J connectivity index is 1.47. The quantitative estimate of drug-likeness (QED) is 0.190. The summed E-state index contributed by atoms with van der Waals surface area (Å²) < 4.78 is 10.0. The van der Waals surface area contributed by atoms with Gasteiger partial charge in [-0.2, -0.15) is 10.4 Å². The van der Waals surface area contributed by atoms with Gasteiger partial charge in [0, 0.05) is 31.0 Å². The normalized spacial score (nSPS) is 12.8. The average molecular weight is 553 g/mol. The highest BCUT2D eigenvalue weighted by Gasteiger charge is 2.25. The Morgan fingerprint density at radius 3 is 2.53 bits per heavy atom. The minimum Gasteiger partial charge on any atom is -0.454 e. The van der Waals surface area contributed by atoms with Crippen LogP contribution in [0.4, 0.5) is 10.5 Å². The van der Waals surface area contributed by atoms with Crippen LogP contribution in [0, 0.1) is 11.3 Å². The smallest absolute Gasteiger partial charge is 0.412 e. The number of carbonyl (C=O) groups is 3. The molecular weight excluding hydrogens is 535 g/mol. The lowest BCUT2D eigenvalue weighted by atomic mass is 9.98. The Kier molecular flexibility index (Phi) is 8.06. The highest BCUT2D eigenvalue weighted by Crippen LogP contribution is 2.39. The number of pyridine rings is 1. The standard InChI is InChI=1S/C25H18Cl2N6O5/c26-19-10-16(31-32-21(12-28)24(35)38-25(29)36)11-20(27)22(19)37-17-1-2-18-15(9-17)5-8-33(23(18)34)13-14-3-6-30-7-4-14/h1-4,6-7,9-11,31H,5,8,13H2,(H2,29,36). The van der Waals surface area contributed by atoms with Crippen LogP contribution in [-0.2, 0) is 22.5 Å². The first-order valence-electron chi connectivity index (χ1n) is 11.0. The van der Waals surface area contributed by atoms with Gasteiger partial charge < -0.3 is 20.1 Å². The summed E-state index contributed by atoms with van der Waals surface area (Å²) in [4.78, 5) is 41.1. The van der Waals surface area contributed by atoms with Crippen LogP contribution >= 0.6 is 23.2 Å². The number of esters is 1. The summed E-state index contributed by atoms with van der Waals surface area (Å²) in [5.74, 6) is -0.810. The molecule has 2 heterocycles. The Bertz CT molecular complexity index is 1470. The van der Waals surface area contributed by atoms with Crippen LogP contribution in [0.3, 0.4) is 0 Å². The summed E-state index contributed by atoms with van der Waals surface area (Å²) in [6.45, 7) is 1.05. The number of nitriles is 1. The van der Waals surface area contributed by atoms with Gasteiger partial charge in [0.05, 0.1) is 15.7 Å². The minimum absolute atomic E-state index is 0.0712. The lowest BCUT2D eigenvalue weighted by Gasteiger charge is -2.29. The van der Waals surface area contributed by atoms with Crippen LogP contribution in [0.1, 0.15) is 21.5 Å². The topological polar surface area (TPSA) is 160 Å². The molecule has 4 rings (SSSR count). The summed E-state index contributed by atoms with van der Waals surface area (Å²) >= 11 is 12.7. The minimum atomic E-state index is -1.38. The summed E-state index contributed by atoms with van der Waals surface area (Å²) in [5.41, 5.74) is 9.09. The molecule has 0 saturated heterocycles. The van der Waals surface area contributed by atoms with Gasteiger partial charge in [-0.05, 0) is 60.0 Å². The number of anilines is 1. The van der Waals surface area contributed by atoms with Crippen LogP contribution in [0.5, 0.6) is 11.5 Å². The molecule has 1 aliphatic rings. The van der Waals surface area contributed by atoms with Gasteiger partial charge in [-0.1, -0.05) is 23.2 Å². The van der Waals surface area contributed by atoms with Gasteiger partial charge in [-0.25, -0.2) is 9.59 Å². The van der Waals surface area contributed by atoms with Crippen molar-refractivity contribution in [1.82, 2.24) is 9.88 Å². The third kappa shape index (κ3) is 6.18. The molecule has 3 N–H and O–H groups in total. The number of amides is 2. The van der Waals surface area contributed by atoms with E-state index in [0.29, 0.717) is 30.8 Å². The Morgan fingerprint density at radius 1 is 1.16 bits per heavy atom. The average Bonchev–Trinajstić information content (AvgIpc) is 2.88. The van der Waals surface area contributed by atoms with Crippen molar-refractivity contribution in [1.29, 1.82) is 5.26 Å². The zero-order valence-electron chi connectivity index (χ0n) is 19.5. The van der Waals surface area contributed by atoms with Crippen LogP contribution < -0.4 is 15.9 Å². The highest BCUT2D eigenvalue weighted by atomic mass is 35.5. The molecular formula is C25H18Cl2N6O5. The maximum absolute atomic E-state index is 13.0. The molecule has 0 unspecified atom stereocenters. The second-order valence-electron chi connectivity index (χ2n) is 7.91. The number of nitrogens with one attached hydrogen (secondary N) is 1. The third-order valence-electron chi connectivity index (χ3n) is 5.38. The third-order valence-corrected chi connectivity index (χ3v) is 5.94. The Labute approximate surface area is 226 Å². The number of nitrogens with two attached hydrogens (primary N) is 1. The molecule has 11 nitrogen and oxygen atoms in total. The second kappa shape index (κ2) is 11.6. The molecule has 0 fully saturated rings. The van der Waals surface area contributed by atoms with E-state index in [1.54, 1.807) is 35.5 Å². The molecule has 1 aliphatic heterocycles. The maximum atomic E-state index is 13.0. The number of hydrazone groups is 1. The van der Waals surface area contributed by atoms with Gasteiger partial charge in [0.2, 0.25) is 5.71 Å². The predicted molar refractivity (Wildman–Crippen MR) is 138 cm³/mol. The number of primary amides is 1. The highest BCUT2D eigenvalue weighted by molar-refractivity contribution is 6.44. The lowest BCUT2D eigenvalue weighted by Crippen LogP contribution is -2.37. The molecule has 2 amide bonds. The fraction of sp³-hybridized carbons (Fsp3) is 0.120. The Hall–Kier alpha value is -4.66. The van der Waals surface area contributed by atoms with Crippen molar-refractivity contribution in [2.45, 2.75) is 13.0 Å². The van der Waals surface area contributed by atoms with E-state index in [0.717, 1.165) is 11.1 Å². The first kappa shape index (κ1) is 26.4. The molecule has 0 saturated carbocycles. The van der Waals surface area contributed by atoms with E-state index in [1.807, 2.05) is 12.1 Å². The first-order valence-corrected chi connectivity index (χ1v) is 11.7. The van der Waals surface area contributed by atoms with Crippen LogP contribution in [0.25, 0.3) is 0 Å². The van der Waals surface area contributed by atoms with Crippen molar-refractivity contribution >= 4 is 52.6 Å². The van der Waals surface area contributed by atoms with Crippen molar-refractivity contribution in [3.63, 3.8) is 0 Å². The number of fused-ring (bicyclic) bond motifs is 1. The summed E-state index contributed by atoms with van der Waals surface area (Å²) in [7, 11) is 0. The monoisotopic (exact) mass is 552 g/mol. The summed E-state index contributed by atoms with van der Waals surface area (Å²) in [6.07, 6.45) is 2.66. The van der Waals surface area contributed by atoms with E-state index in [2.05, 4.69) is 20.2 Å². The molecule has 192 valence electrons. The zero-order chi connectivity index (χ0) is 27.2. The number of hydrogen-bond acceptors (Lipinski definition) is 9. The maximum Gasteiger partial charge on any atom is 0.412 e. The van der Waals surface area contributed by atoms with E-state index in [-0.39, 0.29) is 27.4 Å². The molecule has 0 bridgehead atoms. The number of halogens is 2. The van der Waals surface area contributed by atoms with Gasteiger partial charge in [-0.3, -0.25) is 15.2 Å². The number of rotatable bonds is 7. The molecule has 3 aromatic rings. The fourth-order valence-corrected chi connectivity index (χ4v) is 4.22. The van der Waals surface area contributed by atoms with Crippen LogP contribution in [0.2, 0.25) is 10.0 Å². The molecule has 13 heteroatoms. The molecule has 0 atom stereocenters. The number of nitrogens with zero attached hydrogens (tertiary/aromatic N) is 4. The number of benzene rings is 2. The van der Waals surface area contributed by atoms with Crippen molar-refractivity contribution in [2.24, 2.45) is 10.8 Å². The van der Waals surface area contributed by atoms with Crippen molar-refractivity contribution in [3.05, 3.63) is 81.6 Å². The van der Waals surface area contributed by atoms with E-state index in [4.69, 9.17) is 38.9 Å². The second-order valence-corrected chi connectivity index (χ2v) is 8.73. The molecule has 2 aromatic carbocycles. The SMILES string of the molecule is N#CC(=NNc1cc(Cl)c(Oc2ccc3c(c2)CCN(Cc2ccncc2)C3=O)c(Cl)c1)C(=O)OC(N)=O. The largest absolute Gasteiger partial charge is 0.454 e. The van der Waals surface area contributed by atoms with E-state index >= 15 is 0 Å². The van der Waals surface area contributed by atoms with Crippen LogP contribution in [-0.4, -0.2) is 40.1 Å². The summed E-state index contributed by atoms with van der Waals surface area (Å²) in [5, 5.41) is 12.8. The first-order chi connectivity index (χ1) is 18.2. The Morgan fingerprint density at radius 2 is 1.87 bits per heavy atom.